The molecule has 0 spiro atoms. The van der Waals surface area contributed by atoms with Gasteiger partial charge < -0.3 is 10.1 Å². The summed E-state index contributed by atoms with van der Waals surface area (Å²) in [5, 5.41) is 2.97. The largest absolute Gasteiger partial charge is 0.491 e. The third-order valence-electron chi connectivity index (χ3n) is 5.36. The molecule has 1 aromatic heterocycles. The zero-order chi connectivity index (χ0) is 22.7. The quantitative estimate of drug-likeness (QED) is 0.597. The zero-order valence-corrected chi connectivity index (χ0v) is 18.5. The van der Waals surface area contributed by atoms with Crippen LogP contribution in [0.25, 0.3) is 0 Å². The molecule has 1 aliphatic rings. The fourth-order valence-corrected chi connectivity index (χ4v) is 3.93. The first-order chi connectivity index (χ1) is 15.4. The van der Waals surface area contributed by atoms with E-state index in [0.717, 1.165) is 22.6 Å². The van der Waals surface area contributed by atoms with E-state index in [9.17, 15) is 9.59 Å². The second-order valence-corrected chi connectivity index (χ2v) is 8.26. The topological polar surface area (TPSA) is 71.5 Å². The molecular weight excluding hydrogens is 402 g/mol. The highest BCUT2D eigenvalue weighted by Crippen LogP contribution is 2.38. The van der Waals surface area contributed by atoms with E-state index in [2.05, 4.69) is 10.3 Å². The molecule has 6 heteroatoms. The van der Waals surface area contributed by atoms with Crippen molar-refractivity contribution in [2.45, 2.75) is 45.9 Å². The number of ether oxygens (including phenoxy) is 1. The summed E-state index contributed by atoms with van der Waals surface area (Å²) in [6, 6.07) is 18.5. The van der Waals surface area contributed by atoms with Gasteiger partial charge in [-0.25, -0.2) is 0 Å². The van der Waals surface area contributed by atoms with Crippen molar-refractivity contribution in [3.8, 4) is 5.75 Å². The number of aromatic nitrogens is 1. The van der Waals surface area contributed by atoms with E-state index in [-0.39, 0.29) is 24.3 Å². The van der Waals surface area contributed by atoms with Crippen LogP contribution in [0.3, 0.4) is 0 Å². The molecule has 0 saturated carbocycles. The number of hydrogen-bond donors (Lipinski definition) is 1. The van der Waals surface area contributed by atoms with Crippen molar-refractivity contribution < 1.29 is 14.3 Å². The molecule has 0 saturated heterocycles. The molecule has 0 fully saturated rings. The van der Waals surface area contributed by atoms with Crippen LogP contribution in [-0.4, -0.2) is 22.9 Å². The highest BCUT2D eigenvalue weighted by Gasteiger charge is 2.39. The van der Waals surface area contributed by atoms with E-state index >= 15 is 0 Å². The third kappa shape index (κ3) is 4.64. The Bertz CT molecular complexity index is 1130. The van der Waals surface area contributed by atoms with E-state index in [1.54, 1.807) is 23.2 Å². The molecule has 164 valence electrons. The van der Waals surface area contributed by atoms with Crippen LogP contribution >= 0.6 is 0 Å². The first-order valence-electron chi connectivity index (χ1n) is 10.8. The number of pyridine rings is 1. The van der Waals surface area contributed by atoms with Crippen LogP contribution in [0.4, 0.5) is 5.69 Å². The summed E-state index contributed by atoms with van der Waals surface area (Å²) < 4.78 is 5.66. The highest BCUT2D eigenvalue weighted by molar-refractivity contribution is 6.11. The molecule has 0 bridgehead atoms. The number of carbonyl (C=O) groups excluding carboxylic acids is 2. The van der Waals surface area contributed by atoms with Gasteiger partial charge >= 0.3 is 0 Å². The van der Waals surface area contributed by atoms with E-state index in [0.29, 0.717) is 17.8 Å². The lowest BCUT2D eigenvalue weighted by molar-refractivity contribution is -0.121. The Morgan fingerprint density at radius 3 is 2.62 bits per heavy atom. The Morgan fingerprint density at radius 1 is 1.12 bits per heavy atom. The first kappa shape index (κ1) is 21.6. The molecule has 0 radical (unpaired) electrons. The van der Waals surface area contributed by atoms with Gasteiger partial charge in [0.1, 0.15) is 5.75 Å². The van der Waals surface area contributed by atoms with Gasteiger partial charge in [0.05, 0.1) is 29.8 Å². The van der Waals surface area contributed by atoms with Crippen LogP contribution < -0.4 is 15.0 Å². The molecule has 2 amide bonds. The van der Waals surface area contributed by atoms with Crippen molar-refractivity contribution in [3.63, 3.8) is 0 Å². The predicted molar refractivity (Wildman–Crippen MR) is 124 cm³/mol. The predicted octanol–water partition coefficient (Wildman–Crippen LogP) is 4.59. The average molecular weight is 430 g/mol. The third-order valence-corrected chi connectivity index (χ3v) is 5.36. The standard InChI is InChI=1S/C26H27N3O3/c1-17(2)32-21-11-9-19(10-12-21)16-28-24(30)15-23-25-22(8-5-13-27-25)26(31)29(23)20-7-4-6-18(3)14-20/h4-14,17,23H,15-16H2,1-3H3,(H,28,30)/t23-/m0/s1. The van der Waals surface area contributed by atoms with Gasteiger partial charge in [-0.1, -0.05) is 24.3 Å². The molecule has 32 heavy (non-hydrogen) atoms. The minimum Gasteiger partial charge on any atom is -0.491 e. The molecule has 0 aliphatic carbocycles. The van der Waals surface area contributed by atoms with Crippen LogP contribution in [0, 0.1) is 6.92 Å². The summed E-state index contributed by atoms with van der Waals surface area (Å²) in [7, 11) is 0. The normalized spacial score (nSPS) is 15.1. The number of benzene rings is 2. The molecule has 1 aliphatic heterocycles. The monoisotopic (exact) mass is 429 g/mol. The van der Waals surface area contributed by atoms with Gasteiger partial charge in [-0.3, -0.25) is 19.5 Å². The fraction of sp³-hybridized carbons (Fsp3) is 0.269. The SMILES string of the molecule is Cc1cccc(N2C(=O)c3cccnc3[C@@H]2CC(=O)NCc2ccc(OC(C)C)cc2)c1. The first-order valence-corrected chi connectivity index (χ1v) is 10.8. The highest BCUT2D eigenvalue weighted by atomic mass is 16.5. The molecule has 4 rings (SSSR count). The van der Waals surface area contributed by atoms with Gasteiger partial charge in [-0.2, -0.15) is 0 Å². The Balaban J connectivity index is 1.48. The van der Waals surface area contributed by atoms with Gasteiger partial charge in [0, 0.05) is 18.4 Å². The maximum absolute atomic E-state index is 13.1. The minimum absolute atomic E-state index is 0.113. The van der Waals surface area contributed by atoms with Crippen LogP contribution in [-0.2, 0) is 11.3 Å². The molecule has 6 nitrogen and oxygen atoms in total. The number of hydrogen-bond acceptors (Lipinski definition) is 4. The lowest BCUT2D eigenvalue weighted by Gasteiger charge is -2.25. The van der Waals surface area contributed by atoms with Gasteiger partial charge in [-0.05, 0) is 68.3 Å². The van der Waals surface area contributed by atoms with E-state index < -0.39 is 6.04 Å². The Labute approximate surface area is 188 Å². The van der Waals surface area contributed by atoms with E-state index in [1.807, 2.05) is 69.3 Å². The van der Waals surface area contributed by atoms with Crippen molar-refractivity contribution in [2.75, 3.05) is 4.90 Å². The lowest BCUT2D eigenvalue weighted by Crippen LogP contribution is -2.33. The number of anilines is 1. The number of fused-ring (bicyclic) bond motifs is 1. The number of nitrogens with zero attached hydrogens (tertiary/aromatic N) is 2. The number of amides is 2. The Hall–Kier alpha value is -3.67. The number of nitrogens with one attached hydrogen (secondary N) is 1. The molecule has 2 aromatic carbocycles. The van der Waals surface area contributed by atoms with Crippen molar-refractivity contribution in [1.29, 1.82) is 0 Å². The van der Waals surface area contributed by atoms with Crippen LogP contribution in [0.15, 0.2) is 66.9 Å². The molecule has 3 aromatic rings. The van der Waals surface area contributed by atoms with Crippen molar-refractivity contribution in [3.05, 3.63) is 89.2 Å². The smallest absolute Gasteiger partial charge is 0.260 e. The summed E-state index contributed by atoms with van der Waals surface area (Å²) in [6.45, 7) is 6.35. The molecular formula is C26H27N3O3. The average Bonchev–Trinajstić information content (AvgIpc) is 3.04. The van der Waals surface area contributed by atoms with Crippen LogP contribution in [0.1, 0.15) is 53.5 Å². The fourth-order valence-electron chi connectivity index (χ4n) is 3.93. The summed E-state index contributed by atoms with van der Waals surface area (Å²) in [6.07, 6.45) is 1.91. The number of carbonyl (C=O) groups is 2. The number of rotatable bonds is 7. The van der Waals surface area contributed by atoms with Crippen LogP contribution in [0.5, 0.6) is 5.75 Å². The van der Waals surface area contributed by atoms with E-state index in [4.69, 9.17) is 4.74 Å². The second-order valence-electron chi connectivity index (χ2n) is 8.26. The number of aryl methyl sites for hydroxylation is 1. The molecule has 1 atom stereocenters. The Kier molecular flexibility index (Phi) is 6.21. The van der Waals surface area contributed by atoms with Gasteiger partial charge in [-0.15, -0.1) is 0 Å². The summed E-state index contributed by atoms with van der Waals surface area (Å²) >= 11 is 0. The minimum atomic E-state index is -0.442. The zero-order valence-electron chi connectivity index (χ0n) is 18.5. The lowest BCUT2D eigenvalue weighted by atomic mass is 10.1. The Morgan fingerprint density at radius 2 is 1.91 bits per heavy atom. The maximum Gasteiger partial charge on any atom is 0.260 e. The molecule has 1 N–H and O–H groups in total. The van der Waals surface area contributed by atoms with Crippen molar-refractivity contribution >= 4 is 17.5 Å². The van der Waals surface area contributed by atoms with Gasteiger partial charge in [0.2, 0.25) is 5.91 Å². The summed E-state index contributed by atoms with van der Waals surface area (Å²) in [5.41, 5.74) is 3.99. The van der Waals surface area contributed by atoms with Crippen molar-refractivity contribution in [1.82, 2.24) is 10.3 Å². The van der Waals surface area contributed by atoms with Crippen molar-refractivity contribution in [2.24, 2.45) is 0 Å². The van der Waals surface area contributed by atoms with Crippen LogP contribution in [0.2, 0.25) is 0 Å². The van der Waals surface area contributed by atoms with Gasteiger partial charge in [0.15, 0.2) is 0 Å². The maximum atomic E-state index is 13.1. The second kappa shape index (κ2) is 9.22. The summed E-state index contributed by atoms with van der Waals surface area (Å²) in [4.78, 5) is 32.1. The molecule has 0 unspecified atom stereocenters. The summed E-state index contributed by atoms with van der Waals surface area (Å²) in [5.74, 6) is 0.537. The van der Waals surface area contributed by atoms with E-state index in [1.165, 1.54) is 0 Å². The molecule has 2 heterocycles. The van der Waals surface area contributed by atoms with Gasteiger partial charge in [0.25, 0.3) is 5.91 Å².